The molecule has 7 atom stereocenters. The number of ether oxygens (including phenoxy) is 1. The quantitative estimate of drug-likeness (QED) is 0.496. The van der Waals surface area contributed by atoms with Crippen molar-refractivity contribution in [1.82, 2.24) is 4.90 Å². The van der Waals surface area contributed by atoms with Gasteiger partial charge in [-0.05, 0) is 49.4 Å². The highest BCUT2D eigenvalue weighted by Crippen LogP contribution is 2.75. The van der Waals surface area contributed by atoms with Crippen LogP contribution in [-0.4, -0.2) is 76.6 Å². The smallest absolute Gasteiger partial charge is 0.313 e. The Morgan fingerprint density at radius 1 is 1.27 bits per heavy atom. The molecule has 4 aliphatic rings. The van der Waals surface area contributed by atoms with Gasteiger partial charge in [-0.25, -0.2) is 0 Å². The predicted molar refractivity (Wildman–Crippen MR) is 122 cm³/mol. The minimum atomic E-state index is -1.46. The van der Waals surface area contributed by atoms with Crippen LogP contribution in [0.3, 0.4) is 0 Å². The summed E-state index contributed by atoms with van der Waals surface area (Å²) in [5, 5.41) is 45.1. The van der Waals surface area contributed by atoms with Crippen molar-refractivity contribution in [2.75, 3.05) is 32.1 Å². The Hall–Kier alpha value is -2.13. The zero-order valence-corrected chi connectivity index (χ0v) is 19.8. The minimum absolute atomic E-state index is 0.0619. The van der Waals surface area contributed by atoms with Crippen LogP contribution in [0, 0.1) is 23.2 Å². The van der Waals surface area contributed by atoms with Gasteiger partial charge >= 0.3 is 5.97 Å². The fraction of sp³-hybridized carbons (Fsp3) is 0.640. The van der Waals surface area contributed by atoms with Gasteiger partial charge in [0.05, 0.1) is 23.8 Å². The first-order valence-corrected chi connectivity index (χ1v) is 11.7. The molecular weight excluding hydrogens is 424 g/mol. The highest BCUT2D eigenvalue weighted by atomic mass is 16.6. The van der Waals surface area contributed by atoms with Gasteiger partial charge in [0, 0.05) is 19.5 Å². The molecule has 8 heteroatoms. The minimum Gasteiger partial charge on any atom is -0.506 e. The van der Waals surface area contributed by atoms with E-state index in [9.17, 15) is 25.2 Å². The first kappa shape index (κ1) is 22.7. The van der Waals surface area contributed by atoms with Gasteiger partial charge < -0.3 is 30.1 Å². The number of benzene rings is 1. The van der Waals surface area contributed by atoms with Crippen LogP contribution in [0.15, 0.2) is 29.8 Å². The Balaban J connectivity index is 1.97. The zero-order valence-electron chi connectivity index (χ0n) is 19.8. The second-order valence-electron chi connectivity index (χ2n) is 10.5. The maximum atomic E-state index is 13.6. The maximum Gasteiger partial charge on any atom is 0.313 e. The van der Waals surface area contributed by atoms with Crippen molar-refractivity contribution in [2.45, 2.75) is 50.7 Å². The van der Waals surface area contributed by atoms with Crippen molar-refractivity contribution in [2.24, 2.45) is 23.2 Å². The number of nitrogens with zero attached hydrogens (tertiary/aromatic N) is 2. The van der Waals surface area contributed by atoms with Crippen molar-refractivity contribution in [3.63, 3.8) is 0 Å². The van der Waals surface area contributed by atoms with E-state index in [-0.39, 0.29) is 18.3 Å². The molecule has 3 fully saturated rings. The molecule has 0 amide bonds. The molecule has 4 N–H and O–H groups in total. The number of allylic oxidation sites excluding steroid dienone is 1. The number of hydrogen-bond acceptors (Lipinski definition) is 7. The number of anilines is 1. The monoisotopic (exact) mass is 458 g/mol. The Morgan fingerprint density at radius 3 is 2.58 bits per heavy atom. The number of aromatic hydroxyl groups is 1. The van der Waals surface area contributed by atoms with Crippen LogP contribution in [-0.2, 0) is 14.9 Å². The number of rotatable bonds is 2. The molecule has 3 aliphatic heterocycles. The number of phenols is 1. The van der Waals surface area contributed by atoms with E-state index in [1.54, 1.807) is 25.1 Å². The van der Waals surface area contributed by atoms with Crippen molar-refractivity contribution in [3.05, 3.63) is 35.4 Å². The van der Waals surface area contributed by atoms with Crippen molar-refractivity contribution < 1.29 is 30.0 Å². The van der Waals surface area contributed by atoms with Crippen LogP contribution in [0.25, 0.3) is 0 Å². The molecule has 1 aromatic carbocycles. The van der Waals surface area contributed by atoms with Crippen molar-refractivity contribution in [3.8, 4) is 5.75 Å². The Morgan fingerprint density at radius 2 is 1.97 bits per heavy atom. The fourth-order valence-corrected chi connectivity index (χ4v) is 8.43. The van der Waals surface area contributed by atoms with Gasteiger partial charge in [-0.2, -0.15) is 0 Å². The molecule has 0 aromatic heterocycles. The number of carbonyl (C=O) groups is 1. The lowest BCUT2D eigenvalue weighted by Crippen LogP contribution is -2.82. The van der Waals surface area contributed by atoms with Crippen molar-refractivity contribution >= 4 is 11.7 Å². The van der Waals surface area contributed by atoms with Gasteiger partial charge in [0.25, 0.3) is 0 Å². The second kappa shape index (κ2) is 6.95. The number of aliphatic hydroxyl groups excluding tert-OH is 2. The SMILES string of the molecule is CC=C1C(O)OCC2(C(=O)O)C1C(C(C)C)C(O)C13N(C)CCC21c1cccc(O)c1N3C. The molecule has 180 valence electrons. The average Bonchev–Trinajstić information content (AvgIpc) is 3.20. The first-order valence-electron chi connectivity index (χ1n) is 11.7. The number of carboxylic acid groups (broad SMARTS) is 1. The van der Waals surface area contributed by atoms with Crippen LogP contribution in [0.4, 0.5) is 5.69 Å². The number of para-hydroxylation sites is 1. The number of aliphatic carboxylic acids is 1. The third-order valence-corrected chi connectivity index (χ3v) is 9.41. The van der Waals surface area contributed by atoms with E-state index in [0.29, 0.717) is 24.2 Å². The predicted octanol–water partition coefficient (Wildman–Crippen LogP) is 1.74. The second-order valence-corrected chi connectivity index (χ2v) is 10.5. The lowest BCUT2D eigenvalue weighted by atomic mass is 9.40. The Bertz CT molecular complexity index is 1040. The molecule has 1 aromatic rings. The fourth-order valence-electron chi connectivity index (χ4n) is 8.43. The van der Waals surface area contributed by atoms with E-state index in [0.717, 1.165) is 5.56 Å². The molecule has 33 heavy (non-hydrogen) atoms. The summed E-state index contributed by atoms with van der Waals surface area (Å²) in [6.45, 7) is 6.17. The number of carboxylic acids is 1. The van der Waals surface area contributed by atoms with Crippen molar-refractivity contribution in [1.29, 1.82) is 0 Å². The number of likely N-dealkylation sites (N-methyl/N-ethyl adjacent to an activating group) is 2. The lowest BCUT2D eigenvalue weighted by Gasteiger charge is -2.67. The summed E-state index contributed by atoms with van der Waals surface area (Å²) >= 11 is 0. The largest absolute Gasteiger partial charge is 0.506 e. The molecule has 2 saturated heterocycles. The third kappa shape index (κ3) is 2.15. The number of aliphatic hydroxyl groups is 2. The normalized spacial score (nSPS) is 43.4. The Labute approximate surface area is 194 Å². The molecule has 0 radical (unpaired) electrons. The third-order valence-electron chi connectivity index (χ3n) is 9.41. The summed E-state index contributed by atoms with van der Waals surface area (Å²) in [5.41, 5.74) is -1.84. The summed E-state index contributed by atoms with van der Waals surface area (Å²) in [6, 6.07) is 5.23. The van der Waals surface area contributed by atoms with E-state index in [1.165, 1.54) is 0 Å². The molecule has 0 spiro atoms. The molecule has 1 saturated carbocycles. The number of likely N-dealkylation sites (tertiary alicyclic amines) is 1. The summed E-state index contributed by atoms with van der Waals surface area (Å²) in [4.78, 5) is 17.5. The Kier molecular flexibility index (Phi) is 4.77. The topological polar surface area (TPSA) is 114 Å². The summed E-state index contributed by atoms with van der Waals surface area (Å²) < 4.78 is 5.83. The van der Waals surface area contributed by atoms with E-state index < -0.39 is 46.7 Å². The molecule has 3 heterocycles. The number of hydrogen-bond donors (Lipinski definition) is 4. The maximum absolute atomic E-state index is 13.6. The van der Waals surface area contributed by atoms with Gasteiger partial charge in [-0.15, -0.1) is 0 Å². The van der Waals surface area contributed by atoms with E-state index in [4.69, 9.17) is 4.74 Å². The molecule has 8 nitrogen and oxygen atoms in total. The van der Waals surface area contributed by atoms with Gasteiger partial charge in [-0.1, -0.05) is 32.1 Å². The van der Waals surface area contributed by atoms with Gasteiger partial charge in [0.1, 0.15) is 16.8 Å². The van der Waals surface area contributed by atoms with Crippen LogP contribution < -0.4 is 4.90 Å². The summed E-state index contributed by atoms with van der Waals surface area (Å²) in [6.07, 6.45) is 0.0654. The van der Waals surface area contributed by atoms with E-state index in [2.05, 4.69) is 4.90 Å². The summed E-state index contributed by atoms with van der Waals surface area (Å²) in [7, 11) is 3.76. The van der Waals surface area contributed by atoms with Crippen LogP contribution in [0.2, 0.25) is 0 Å². The standard InChI is InChI=1S/C25H34N2O6/c1-6-14-18-17(13(2)3)20(29)25-24(10-11-26(25)4,23(18,22(31)32)12-33-21(14)30)15-8-7-9-16(28)19(15)27(25)5/h6-9,13,17-18,20-21,28-30H,10-12H2,1-5H3,(H,31,32). The average molecular weight is 459 g/mol. The highest BCUT2D eigenvalue weighted by molar-refractivity contribution is 5.86. The van der Waals surface area contributed by atoms with Crippen LogP contribution >= 0.6 is 0 Å². The molecule has 5 rings (SSSR count). The van der Waals surface area contributed by atoms with Gasteiger partial charge in [-0.3, -0.25) is 9.69 Å². The van der Waals surface area contributed by atoms with Crippen LogP contribution in [0.1, 0.15) is 32.8 Å². The number of phenolic OH excluding ortho intramolecular Hbond substituents is 1. The first-order chi connectivity index (χ1) is 15.6. The van der Waals surface area contributed by atoms with E-state index >= 15 is 0 Å². The van der Waals surface area contributed by atoms with E-state index in [1.807, 2.05) is 38.9 Å². The molecule has 0 bridgehead atoms. The molecule has 7 unspecified atom stereocenters. The lowest BCUT2D eigenvalue weighted by molar-refractivity contribution is -0.247. The number of fused-ring (bicyclic) bond motifs is 2. The summed E-state index contributed by atoms with van der Waals surface area (Å²) in [5.74, 6) is -2.11. The van der Waals surface area contributed by atoms with Crippen LogP contribution in [0.5, 0.6) is 5.75 Å². The molecular formula is C25H34N2O6. The van der Waals surface area contributed by atoms with Gasteiger partial charge in [0.15, 0.2) is 6.29 Å². The highest BCUT2D eigenvalue weighted by Gasteiger charge is 2.85. The van der Waals surface area contributed by atoms with Gasteiger partial charge in [0.2, 0.25) is 0 Å². The molecule has 1 aliphatic carbocycles. The zero-order chi connectivity index (χ0) is 24.1.